The van der Waals surface area contributed by atoms with Gasteiger partial charge < -0.3 is 24.8 Å². The Morgan fingerprint density at radius 2 is 2.13 bits per heavy atom. The standard InChI is InChI=1S/C21H29NO8/c1-21(27,12-11-17-9-7-10-20(26)30-17)18(29-15-19(25)22-28)14-16(24)8-5-3-2-4-6-13-23/h2-8,10-12,16-18,23-24,27-28H,9,13-15H2,1H3,(H,22,25)/b3-2+,6-4+,8-5+,12-11+/t16-,17+,18+,21+/m0/s1. The highest BCUT2D eigenvalue weighted by atomic mass is 16.5. The number of hydrogen-bond acceptors (Lipinski definition) is 8. The largest absolute Gasteiger partial charge is 0.455 e. The van der Waals surface area contributed by atoms with Gasteiger partial charge in [-0.1, -0.05) is 48.6 Å². The number of amides is 1. The predicted molar refractivity (Wildman–Crippen MR) is 108 cm³/mol. The van der Waals surface area contributed by atoms with E-state index in [4.69, 9.17) is 19.8 Å². The fourth-order valence-electron chi connectivity index (χ4n) is 2.50. The van der Waals surface area contributed by atoms with Gasteiger partial charge in [0.25, 0.3) is 5.91 Å². The molecule has 0 saturated carbocycles. The molecule has 30 heavy (non-hydrogen) atoms. The van der Waals surface area contributed by atoms with Gasteiger partial charge in [-0.3, -0.25) is 10.0 Å². The molecule has 5 N–H and O–H groups in total. The molecule has 0 spiro atoms. The summed E-state index contributed by atoms with van der Waals surface area (Å²) in [6.07, 6.45) is 13.3. The summed E-state index contributed by atoms with van der Waals surface area (Å²) in [5.74, 6) is -1.29. The van der Waals surface area contributed by atoms with Gasteiger partial charge >= 0.3 is 5.97 Å². The van der Waals surface area contributed by atoms with E-state index >= 15 is 0 Å². The topological polar surface area (TPSA) is 146 Å². The highest BCUT2D eigenvalue weighted by molar-refractivity contribution is 5.82. The molecule has 0 saturated heterocycles. The van der Waals surface area contributed by atoms with E-state index < -0.39 is 42.4 Å². The maximum absolute atomic E-state index is 11.3. The number of aliphatic hydroxyl groups excluding tert-OH is 2. The summed E-state index contributed by atoms with van der Waals surface area (Å²) in [6.45, 7) is 0.826. The number of hydrogen-bond donors (Lipinski definition) is 5. The third kappa shape index (κ3) is 10.3. The summed E-state index contributed by atoms with van der Waals surface area (Å²) in [6, 6.07) is 0. The Balaban J connectivity index is 2.81. The molecule has 1 amide bonds. The average molecular weight is 423 g/mol. The smallest absolute Gasteiger partial charge is 0.331 e. The molecule has 0 aromatic rings. The minimum Gasteiger partial charge on any atom is -0.455 e. The van der Waals surface area contributed by atoms with Gasteiger partial charge in [-0.2, -0.15) is 0 Å². The van der Waals surface area contributed by atoms with Crippen molar-refractivity contribution in [1.82, 2.24) is 5.48 Å². The van der Waals surface area contributed by atoms with Crippen LogP contribution in [-0.4, -0.2) is 69.5 Å². The minimum atomic E-state index is -1.61. The zero-order valence-corrected chi connectivity index (χ0v) is 16.8. The van der Waals surface area contributed by atoms with Crippen molar-refractivity contribution in [3.05, 3.63) is 60.8 Å². The third-order valence-corrected chi connectivity index (χ3v) is 4.09. The van der Waals surface area contributed by atoms with E-state index in [1.54, 1.807) is 36.5 Å². The second-order valence-corrected chi connectivity index (χ2v) is 6.72. The number of esters is 1. The van der Waals surface area contributed by atoms with E-state index in [0.717, 1.165) is 0 Å². The second-order valence-electron chi connectivity index (χ2n) is 6.72. The molecule has 1 rings (SSSR count). The summed E-state index contributed by atoms with van der Waals surface area (Å²) in [5.41, 5.74) is -0.180. The first kappa shape index (κ1) is 25.5. The number of carbonyl (C=O) groups excluding carboxylic acids is 2. The Bertz CT molecular complexity index is 693. The highest BCUT2D eigenvalue weighted by Crippen LogP contribution is 2.22. The molecule has 1 heterocycles. The molecule has 0 unspecified atom stereocenters. The molecule has 166 valence electrons. The van der Waals surface area contributed by atoms with Crippen molar-refractivity contribution in [2.75, 3.05) is 13.2 Å². The van der Waals surface area contributed by atoms with Crippen LogP contribution in [0.4, 0.5) is 0 Å². The zero-order valence-electron chi connectivity index (χ0n) is 16.8. The lowest BCUT2D eigenvalue weighted by molar-refractivity contribution is -0.144. The summed E-state index contributed by atoms with van der Waals surface area (Å²) in [5, 5.41) is 38.3. The maximum Gasteiger partial charge on any atom is 0.331 e. The Labute approximate surface area is 175 Å². The molecule has 0 aliphatic carbocycles. The molecule has 4 atom stereocenters. The molecule has 0 aromatic carbocycles. The van der Waals surface area contributed by atoms with E-state index in [9.17, 15) is 19.8 Å². The van der Waals surface area contributed by atoms with Gasteiger partial charge in [0.2, 0.25) is 0 Å². The van der Waals surface area contributed by atoms with E-state index in [0.29, 0.717) is 6.42 Å². The van der Waals surface area contributed by atoms with E-state index in [2.05, 4.69) is 0 Å². The van der Waals surface area contributed by atoms with Crippen LogP contribution >= 0.6 is 0 Å². The second kappa shape index (κ2) is 13.6. The van der Waals surface area contributed by atoms with Crippen molar-refractivity contribution in [3.8, 4) is 0 Å². The summed E-state index contributed by atoms with van der Waals surface area (Å²) in [7, 11) is 0. The Morgan fingerprint density at radius 3 is 2.80 bits per heavy atom. The quantitative estimate of drug-likeness (QED) is 0.100. The maximum atomic E-state index is 11.3. The summed E-state index contributed by atoms with van der Waals surface area (Å²) in [4.78, 5) is 22.6. The van der Waals surface area contributed by atoms with E-state index in [-0.39, 0.29) is 13.0 Å². The minimum absolute atomic E-state index is 0.0583. The SMILES string of the molecule is C[C@@](O)(/C=C/[C@H]1CC=CC(=O)O1)[C@@H](C[C@@H](O)/C=C/C=C/C=C/CO)OCC(=O)NO. The van der Waals surface area contributed by atoms with Crippen molar-refractivity contribution in [2.45, 2.75) is 43.7 Å². The van der Waals surface area contributed by atoms with Crippen LogP contribution in [0, 0.1) is 0 Å². The molecule has 0 fully saturated rings. The molecule has 0 bridgehead atoms. The highest BCUT2D eigenvalue weighted by Gasteiger charge is 2.33. The van der Waals surface area contributed by atoms with Crippen molar-refractivity contribution >= 4 is 11.9 Å². The number of carbonyl (C=O) groups is 2. The summed E-state index contributed by atoms with van der Waals surface area (Å²) >= 11 is 0. The zero-order chi connectivity index (χ0) is 22.4. The van der Waals surface area contributed by atoms with Gasteiger partial charge in [-0.05, 0) is 13.0 Å². The first-order valence-corrected chi connectivity index (χ1v) is 9.40. The van der Waals surface area contributed by atoms with Crippen LogP contribution in [0.5, 0.6) is 0 Å². The van der Waals surface area contributed by atoms with Crippen molar-refractivity contribution in [3.63, 3.8) is 0 Å². The van der Waals surface area contributed by atoms with Gasteiger partial charge in [-0.25, -0.2) is 10.3 Å². The molecule has 0 aromatic heterocycles. The van der Waals surface area contributed by atoms with Gasteiger partial charge in [-0.15, -0.1) is 0 Å². The number of ether oxygens (including phenoxy) is 2. The molecule has 1 aliphatic heterocycles. The fraction of sp³-hybridized carbons (Fsp3) is 0.429. The first-order valence-electron chi connectivity index (χ1n) is 9.40. The molecular formula is C21H29NO8. The number of rotatable bonds is 12. The van der Waals surface area contributed by atoms with Crippen LogP contribution in [-0.2, 0) is 19.1 Å². The number of cyclic esters (lactones) is 1. The van der Waals surface area contributed by atoms with Crippen molar-refractivity contribution in [1.29, 1.82) is 0 Å². The van der Waals surface area contributed by atoms with Crippen LogP contribution in [0.1, 0.15) is 19.8 Å². The Morgan fingerprint density at radius 1 is 1.40 bits per heavy atom. The molecule has 9 nitrogen and oxygen atoms in total. The summed E-state index contributed by atoms with van der Waals surface area (Å²) < 4.78 is 10.5. The average Bonchev–Trinajstić information content (AvgIpc) is 2.71. The number of nitrogens with one attached hydrogen (secondary N) is 1. The first-order chi connectivity index (χ1) is 14.3. The lowest BCUT2D eigenvalue weighted by Gasteiger charge is -2.31. The van der Waals surface area contributed by atoms with E-state index in [1.807, 2.05) is 0 Å². The van der Waals surface area contributed by atoms with Gasteiger partial charge in [0.1, 0.15) is 18.3 Å². The van der Waals surface area contributed by atoms with Gasteiger partial charge in [0.05, 0.1) is 18.8 Å². The van der Waals surface area contributed by atoms with Crippen molar-refractivity contribution in [2.24, 2.45) is 0 Å². The van der Waals surface area contributed by atoms with Gasteiger partial charge in [0.15, 0.2) is 0 Å². The monoisotopic (exact) mass is 423 g/mol. The third-order valence-electron chi connectivity index (χ3n) is 4.09. The Kier molecular flexibility index (Phi) is 11.6. The number of allylic oxidation sites excluding steroid dienone is 4. The lowest BCUT2D eigenvalue weighted by Crippen LogP contribution is -2.43. The molecule has 9 heteroatoms. The molecule has 1 aliphatic rings. The van der Waals surface area contributed by atoms with Crippen LogP contribution in [0.25, 0.3) is 0 Å². The van der Waals surface area contributed by atoms with E-state index in [1.165, 1.54) is 36.7 Å². The fourth-order valence-corrected chi connectivity index (χ4v) is 2.50. The van der Waals surface area contributed by atoms with Crippen LogP contribution in [0.15, 0.2) is 60.8 Å². The van der Waals surface area contributed by atoms with Crippen LogP contribution in [0.3, 0.4) is 0 Å². The van der Waals surface area contributed by atoms with Crippen LogP contribution < -0.4 is 5.48 Å². The number of aliphatic hydroxyl groups is 3. The predicted octanol–water partition coefficient (Wildman–Crippen LogP) is 0.468. The lowest BCUT2D eigenvalue weighted by atomic mass is 9.92. The number of hydroxylamine groups is 1. The normalized spacial score (nSPS) is 21.4. The van der Waals surface area contributed by atoms with Crippen LogP contribution in [0.2, 0.25) is 0 Å². The molecule has 0 radical (unpaired) electrons. The Hall–Kier alpha value is -2.56. The van der Waals surface area contributed by atoms with Crippen molar-refractivity contribution < 1.29 is 39.6 Å². The molecular weight excluding hydrogens is 394 g/mol. The van der Waals surface area contributed by atoms with Gasteiger partial charge in [0, 0.05) is 18.9 Å².